The van der Waals surface area contributed by atoms with E-state index in [0.717, 1.165) is 18.8 Å². The summed E-state index contributed by atoms with van der Waals surface area (Å²) in [6.07, 6.45) is 6.39. The molecule has 0 saturated heterocycles. The number of imidazole rings is 1. The fraction of sp³-hybridized carbons (Fsp3) is 0.700. The van der Waals surface area contributed by atoms with Crippen LogP contribution in [0.4, 0.5) is 0 Å². The first kappa shape index (κ1) is 12.4. The molecule has 1 rings (SSSR count). The van der Waals surface area contributed by atoms with Crippen LogP contribution in [-0.4, -0.2) is 38.4 Å². The summed E-state index contributed by atoms with van der Waals surface area (Å²) < 4.78 is 13.0. The van der Waals surface area contributed by atoms with Gasteiger partial charge < -0.3 is 9.88 Å². The zero-order valence-corrected chi connectivity index (χ0v) is 10.4. The quantitative estimate of drug-likeness (QED) is 0.764. The van der Waals surface area contributed by atoms with Crippen LogP contribution in [0.2, 0.25) is 0 Å². The van der Waals surface area contributed by atoms with Crippen molar-refractivity contribution in [3.05, 3.63) is 18.2 Å². The van der Waals surface area contributed by atoms with Crippen molar-refractivity contribution in [2.75, 3.05) is 18.6 Å². The van der Waals surface area contributed by atoms with Crippen molar-refractivity contribution in [1.82, 2.24) is 14.9 Å². The molecule has 0 aromatic carbocycles. The molecular weight excluding hydrogens is 210 g/mol. The maximum absolute atomic E-state index is 11.0. The smallest absolute Gasteiger partial charge is 0.109 e. The van der Waals surface area contributed by atoms with Gasteiger partial charge in [-0.3, -0.25) is 4.21 Å². The summed E-state index contributed by atoms with van der Waals surface area (Å²) in [5.74, 6) is 1.79. The molecule has 5 heteroatoms. The minimum Gasteiger partial charge on any atom is -0.338 e. The molecule has 2 atom stereocenters. The third-order valence-electron chi connectivity index (χ3n) is 2.25. The van der Waals surface area contributed by atoms with Gasteiger partial charge in [-0.2, -0.15) is 0 Å². The Morgan fingerprint density at radius 3 is 2.93 bits per heavy atom. The van der Waals surface area contributed by atoms with Gasteiger partial charge in [0.05, 0.1) is 0 Å². The number of hydrogen-bond donors (Lipinski definition) is 1. The number of nitrogens with one attached hydrogen (secondary N) is 1. The predicted molar refractivity (Wildman–Crippen MR) is 63.3 cm³/mol. The summed E-state index contributed by atoms with van der Waals surface area (Å²) in [6, 6.07) is 0.302. The van der Waals surface area contributed by atoms with Gasteiger partial charge in [-0.1, -0.05) is 0 Å². The molecule has 0 aliphatic rings. The van der Waals surface area contributed by atoms with Gasteiger partial charge in [0.15, 0.2) is 0 Å². The van der Waals surface area contributed by atoms with Gasteiger partial charge in [0.1, 0.15) is 5.82 Å². The van der Waals surface area contributed by atoms with Crippen molar-refractivity contribution in [1.29, 1.82) is 0 Å². The highest BCUT2D eigenvalue weighted by Crippen LogP contribution is 1.94. The standard InChI is InChI=1S/C10H19N3OS/c1-9(8-15(3)14)11-5-4-10-12-6-7-13(10)2/h6-7,9,11H,4-5,8H2,1-3H3. The number of aryl methyl sites for hydroxylation is 1. The highest BCUT2D eigenvalue weighted by Gasteiger charge is 2.04. The van der Waals surface area contributed by atoms with Crippen molar-refractivity contribution in [3.8, 4) is 0 Å². The van der Waals surface area contributed by atoms with Gasteiger partial charge in [-0.25, -0.2) is 4.98 Å². The Balaban J connectivity index is 2.22. The molecular formula is C10H19N3OS. The Morgan fingerprint density at radius 1 is 1.67 bits per heavy atom. The van der Waals surface area contributed by atoms with E-state index in [2.05, 4.69) is 17.2 Å². The number of aromatic nitrogens is 2. The number of rotatable bonds is 6. The third-order valence-corrected chi connectivity index (χ3v) is 3.22. The zero-order valence-electron chi connectivity index (χ0n) is 9.56. The van der Waals surface area contributed by atoms with Gasteiger partial charge in [0.2, 0.25) is 0 Å². The average molecular weight is 229 g/mol. The largest absolute Gasteiger partial charge is 0.338 e. The van der Waals surface area contributed by atoms with E-state index in [1.165, 1.54) is 0 Å². The lowest BCUT2D eigenvalue weighted by Crippen LogP contribution is -2.32. The number of nitrogens with zero attached hydrogens (tertiary/aromatic N) is 2. The summed E-state index contributed by atoms with van der Waals surface area (Å²) in [4.78, 5) is 4.24. The molecule has 0 fully saturated rings. The van der Waals surface area contributed by atoms with Crippen molar-refractivity contribution in [2.45, 2.75) is 19.4 Å². The Bertz CT molecular complexity index is 324. The minimum absolute atomic E-state index is 0.302. The highest BCUT2D eigenvalue weighted by atomic mass is 32.2. The van der Waals surface area contributed by atoms with Crippen LogP contribution >= 0.6 is 0 Å². The highest BCUT2D eigenvalue weighted by molar-refractivity contribution is 7.84. The lowest BCUT2D eigenvalue weighted by atomic mass is 10.3. The lowest BCUT2D eigenvalue weighted by Gasteiger charge is -2.11. The fourth-order valence-electron chi connectivity index (χ4n) is 1.48. The van der Waals surface area contributed by atoms with E-state index in [1.54, 1.807) is 12.5 Å². The van der Waals surface area contributed by atoms with Crippen molar-refractivity contribution < 1.29 is 4.21 Å². The molecule has 86 valence electrons. The molecule has 0 bridgehead atoms. The summed E-state index contributed by atoms with van der Waals surface area (Å²) >= 11 is 0. The SMILES string of the molecule is CC(CS(C)=O)NCCc1nccn1C. The maximum atomic E-state index is 11.0. The molecule has 0 aliphatic heterocycles. The van der Waals surface area contributed by atoms with E-state index in [-0.39, 0.29) is 0 Å². The Labute approximate surface area is 93.5 Å². The predicted octanol–water partition coefficient (Wildman–Crippen LogP) is 0.319. The maximum Gasteiger partial charge on any atom is 0.109 e. The van der Waals surface area contributed by atoms with Crippen molar-refractivity contribution in [2.24, 2.45) is 7.05 Å². The monoisotopic (exact) mass is 229 g/mol. The normalized spacial score (nSPS) is 15.1. The van der Waals surface area contributed by atoms with Crippen LogP contribution in [0.5, 0.6) is 0 Å². The van der Waals surface area contributed by atoms with Crippen LogP contribution in [-0.2, 0) is 24.3 Å². The third kappa shape index (κ3) is 4.57. The van der Waals surface area contributed by atoms with Gasteiger partial charge in [0.25, 0.3) is 0 Å². The van der Waals surface area contributed by atoms with E-state index in [0.29, 0.717) is 11.8 Å². The van der Waals surface area contributed by atoms with Crippen LogP contribution in [0.3, 0.4) is 0 Å². The molecule has 1 aromatic rings. The van der Waals surface area contributed by atoms with E-state index >= 15 is 0 Å². The molecule has 0 aliphatic carbocycles. The molecule has 15 heavy (non-hydrogen) atoms. The first-order valence-electron chi connectivity index (χ1n) is 5.09. The Hall–Kier alpha value is -0.680. The molecule has 0 amide bonds. The first-order valence-corrected chi connectivity index (χ1v) is 6.82. The van der Waals surface area contributed by atoms with Crippen LogP contribution in [0.1, 0.15) is 12.7 Å². The number of hydrogen-bond acceptors (Lipinski definition) is 3. The van der Waals surface area contributed by atoms with Crippen LogP contribution in [0.15, 0.2) is 12.4 Å². The molecule has 0 radical (unpaired) electrons. The van der Waals surface area contributed by atoms with E-state index in [1.807, 2.05) is 17.8 Å². The molecule has 1 heterocycles. The van der Waals surface area contributed by atoms with Crippen molar-refractivity contribution >= 4 is 10.8 Å². The molecule has 0 spiro atoms. The zero-order chi connectivity index (χ0) is 11.3. The van der Waals surface area contributed by atoms with Crippen LogP contribution < -0.4 is 5.32 Å². The molecule has 1 N–H and O–H groups in total. The summed E-state index contributed by atoms with van der Waals surface area (Å²) in [7, 11) is 1.27. The van der Waals surface area contributed by atoms with Crippen LogP contribution in [0.25, 0.3) is 0 Å². The average Bonchev–Trinajstić information content (AvgIpc) is 2.50. The van der Waals surface area contributed by atoms with Gasteiger partial charge in [-0.05, 0) is 6.92 Å². The van der Waals surface area contributed by atoms with E-state index in [4.69, 9.17) is 0 Å². The summed E-state index contributed by atoms with van der Waals surface area (Å²) in [5, 5.41) is 3.33. The second-order valence-electron chi connectivity index (χ2n) is 3.80. The second kappa shape index (κ2) is 6.02. The molecule has 1 aromatic heterocycles. The Morgan fingerprint density at radius 2 is 2.40 bits per heavy atom. The van der Waals surface area contributed by atoms with E-state index in [9.17, 15) is 4.21 Å². The molecule has 0 saturated carbocycles. The topological polar surface area (TPSA) is 46.9 Å². The molecule has 2 unspecified atom stereocenters. The molecule has 4 nitrogen and oxygen atoms in total. The Kier molecular flexibility index (Phi) is 4.98. The lowest BCUT2D eigenvalue weighted by molar-refractivity contribution is 0.577. The van der Waals surface area contributed by atoms with Crippen molar-refractivity contribution in [3.63, 3.8) is 0 Å². The summed E-state index contributed by atoms with van der Waals surface area (Å²) in [6.45, 7) is 2.93. The van der Waals surface area contributed by atoms with Gasteiger partial charge in [-0.15, -0.1) is 0 Å². The van der Waals surface area contributed by atoms with Gasteiger partial charge in [0, 0.05) is 61.3 Å². The first-order chi connectivity index (χ1) is 7.09. The van der Waals surface area contributed by atoms with Gasteiger partial charge >= 0.3 is 0 Å². The van der Waals surface area contributed by atoms with E-state index < -0.39 is 10.8 Å². The fourth-order valence-corrected chi connectivity index (χ4v) is 2.30. The summed E-state index contributed by atoms with van der Waals surface area (Å²) in [5.41, 5.74) is 0. The minimum atomic E-state index is -0.724. The second-order valence-corrected chi connectivity index (χ2v) is 5.28. The van der Waals surface area contributed by atoms with Crippen LogP contribution in [0, 0.1) is 0 Å².